The molecule has 3 rings (SSSR count). The molecule has 0 spiro atoms. The van der Waals surface area contributed by atoms with Gasteiger partial charge in [0.15, 0.2) is 11.5 Å². The number of rotatable bonds is 6. The fourth-order valence-corrected chi connectivity index (χ4v) is 3.01. The molecule has 1 atom stereocenters. The predicted molar refractivity (Wildman–Crippen MR) is 97.3 cm³/mol. The standard InChI is InChI=1S/C19H21F2N3O2/c1-11-9-16(25-3)17(26-4)10-14(11)22-12(2)18-23-13-7-5-6-8-15(13)24(18)19(20)21/h5-10,12,19,22H,1-4H3/t12-/m1/s1. The number of alkyl halides is 2. The van der Waals surface area contributed by atoms with Crippen LogP contribution in [0.4, 0.5) is 14.5 Å². The number of hydrogen-bond donors (Lipinski definition) is 1. The third-order valence-corrected chi connectivity index (χ3v) is 4.31. The van der Waals surface area contributed by atoms with Gasteiger partial charge >= 0.3 is 6.55 Å². The maximum atomic E-state index is 13.6. The van der Waals surface area contributed by atoms with E-state index in [9.17, 15) is 8.78 Å². The van der Waals surface area contributed by atoms with Crippen LogP contribution >= 0.6 is 0 Å². The van der Waals surface area contributed by atoms with Crippen molar-refractivity contribution in [2.24, 2.45) is 0 Å². The number of benzene rings is 2. The monoisotopic (exact) mass is 361 g/mol. The summed E-state index contributed by atoms with van der Waals surface area (Å²) in [6.45, 7) is 1.04. The first kappa shape index (κ1) is 18.0. The van der Waals surface area contributed by atoms with E-state index in [0.29, 0.717) is 22.5 Å². The number of methoxy groups -OCH3 is 2. The van der Waals surface area contributed by atoms with Gasteiger partial charge < -0.3 is 14.8 Å². The van der Waals surface area contributed by atoms with Crippen molar-refractivity contribution in [3.63, 3.8) is 0 Å². The van der Waals surface area contributed by atoms with Crippen molar-refractivity contribution in [1.82, 2.24) is 9.55 Å². The first-order valence-electron chi connectivity index (χ1n) is 8.20. The molecule has 1 N–H and O–H groups in total. The van der Waals surface area contributed by atoms with Crippen molar-refractivity contribution in [3.8, 4) is 11.5 Å². The number of hydrogen-bond acceptors (Lipinski definition) is 4. The predicted octanol–water partition coefficient (Wildman–Crippen LogP) is 4.93. The van der Waals surface area contributed by atoms with Crippen LogP contribution in [0.5, 0.6) is 11.5 Å². The highest BCUT2D eigenvalue weighted by Gasteiger charge is 2.22. The SMILES string of the molecule is COc1cc(C)c(N[C@H](C)c2nc3ccccc3n2C(F)F)cc1OC. The molecule has 5 nitrogen and oxygen atoms in total. The number of ether oxygens (including phenoxy) is 2. The van der Waals surface area contributed by atoms with Gasteiger partial charge in [0.05, 0.1) is 31.3 Å². The average Bonchev–Trinajstić information content (AvgIpc) is 3.02. The number of nitrogens with one attached hydrogen (secondary N) is 1. The number of anilines is 1. The first-order valence-corrected chi connectivity index (χ1v) is 8.20. The Morgan fingerprint density at radius 2 is 1.73 bits per heavy atom. The molecule has 3 aromatic rings. The molecule has 0 aliphatic carbocycles. The highest BCUT2D eigenvalue weighted by molar-refractivity contribution is 5.76. The van der Waals surface area contributed by atoms with Gasteiger partial charge in [-0.3, -0.25) is 4.57 Å². The van der Waals surface area contributed by atoms with Crippen LogP contribution in [0.25, 0.3) is 11.0 Å². The summed E-state index contributed by atoms with van der Waals surface area (Å²) >= 11 is 0. The van der Waals surface area contributed by atoms with E-state index in [0.717, 1.165) is 15.8 Å². The Morgan fingerprint density at radius 3 is 2.38 bits per heavy atom. The van der Waals surface area contributed by atoms with Gasteiger partial charge in [-0.15, -0.1) is 0 Å². The van der Waals surface area contributed by atoms with Crippen molar-refractivity contribution in [1.29, 1.82) is 0 Å². The largest absolute Gasteiger partial charge is 0.493 e. The summed E-state index contributed by atoms with van der Waals surface area (Å²) in [5.74, 6) is 1.45. The topological polar surface area (TPSA) is 48.3 Å². The Kier molecular flexibility index (Phi) is 4.97. The Labute approximate surface area is 150 Å². The molecule has 2 aromatic carbocycles. The number of fused-ring (bicyclic) bond motifs is 1. The zero-order valence-electron chi connectivity index (χ0n) is 15.1. The Hall–Kier alpha value is -2.83. The van der Waals surface area contributed by atoms with Crippen molar-refractivity contribution < 1.29 is 18.3 Å². The first-order chi connectivity index (χ1) is 12.5. The molecule has 7 heteroatoms. The van der Waals surface area contributed by atoms with Gasteiger partial charge in [-0.25, -0.2) is 4.98 Å². The molecule has 0 aliphatic heterocycles. The van der Waals surface area contributed by atoms with E-state index < -0.39 is 12.6 Å². The number of para-hydroxylation sites is 2. The molecule has 1 aromatic heterocycles. The Balaban J connectivity index is 2.00. The molecule has 1 heterocycles. The number of aryl methyl sites for hydroxylation is 1. The highest BCUT2D eigenvalue weighted by atomic mass is 19.3. The van der Waals surface area contributed by atoms with Crippen LogP contribution in [0.2, 0.25) is 0 Å². The summed E-state index contributed by atoms with van der Waals surface area (Å²) in [6, 6.07) is 10.1. The molecule has 0 amide bonds. The number of aromatic nitrogens is 2. The zero-order chi connectivity index (χ0) is 18.8. The van der Waals surface area contributed by atoms with Crippen molar-refractivity contribution >= 4 is 16.7 Å². The quantitative estimate of drug-likeness (QED) is 0.676. The lowest BCUT2D eigenvalue weighted by atomic mass is 10.1. The fraction of sp³-hybridized carbons (Fsp3) is 0.316. The molecular formula is C19H21F2N3O2. The lowest BCUT2D eigenvalue weighted by molar-refractivity contribution is 0.0708. The van der Waals surface area contributed by atoms with Gasteiger partial charge in [-0.2, -0.15) is 8.78 Å². The summed E-state index contributed by atoms with van der Waals surface area (Å²) in [4.78, 5) is 4.40. The summed E-state index contributed by atoms with van der Waals surface area (Å²) in [5.41, 5.74) is 2.63. The fourth-order valence-electron chi connectivity index (χ4n) is 3.01. The van der Waals surface area contributed by atoms with Crippen LogP contribution in [-0.2, 0) is 0 Å². The maximum absolute atomic E-state index is 13.6. The minimum atomic E-state index is -2.67. The van der Waals surface area contributed by atoms with E-state index in [1.165, 1.54) is 0 Å². The molecule has 0 saturated heterocycles. The van der Waals surface area contributed by atoms with Crippen LogP contribution in [0.1, 0.15) is 30.9 Å². The molecule has 0 aliphatic rings. The molecule has 138 valence electrons. The normalized spacial score (nSPS) is 12.4. The zero-order valence-corrected chi connectivity index (χ0v) is 15.1. The molecule has 26 heavy (non-hydrogen) atoms. The van der Waals surface area contributed by atoms with Crippen LogP contribution in [-0.4, -0.2) is 23.8 Å². The lowest BCUT2D eigenvalue weighted by Crippen LogP contribution is -2.15. The van der Waals surface area contributed by atoms with Gasteiger partial charge in [0.2, 0.25) is 0 Å². The second-order valence-corrected chi connectivity index (χ2v) is 5.99. The Bertz CT molecular complexity index is 925. The summed E-state index contributed by atoms with van der Waals surface area (Å²) in [7, 11) is 3.12. The van der Waals surface area contributed by atoms with Crippen molar-refractivity contribution in [2.45, 2.75) is 26.4 Å². The highest BCUT2D eigenvalue weighted by Crippen LogP contribution is 2.35. The van der Waals surface area contributed by atoms with E-state index in [4.69, 9.17) is 9.47 Å². The maximum Gasteiger partial charge on any atom is 0.320 e. The molecule has 0 bridgehead atoms. The third kappa shape index (κ3) is 3.16. The second-order valence-electron chi connectivity index (χ2n) is 5.99. The summed E-state index contributed by atoms with van der Waals surface area (Å²) in [5, 5.41) is 3.26. The minimum absolute atomic E-state index is 0.274. The van der Waals surface area contributed by atoms with Crippen LogP contribution in [0.15, 0.2) is 36.4 Å². The Morgan fingerprint density at radius 1 is 1.08 bits per heavy atom. The van der Waals surface area contributed by atoms with Crippen molar-refractivity contribution in [2.75, 3.05) is 19.5 Å². The van der Waals surface area contributed by atoms with E-state index >= 15 is 0 Å². The van der Waals surface area contributed by atoms with E-state index in [-0.39, 0.29) is 5.82 Å². The molecule has 0 radical (unpaired) electrons. The van der Waals surface area contributed by atoms with Gasteiger partial charge in [0, 0.05) is 11.8 Å². The minimum Gasteiger partial charge on any atom is -0.493 e. The molecule has 0 fully saturated rings. The number of nitrogens with zero attached hydrogens (tertiary/aromatic N) is 2. The lowest BCUT2D eigenvalue weighted by Gasteiger charge is -2.20. The average molecular weight is 361 g/mol. The van der Waals surface area contributed by atoms with E-state index in [1.807, 2.05) is 13.0 Å². The van der Waals surface area contributed by atoms with E-state index in [2.05, 4.69) is 10.3 Å². The second kappa shape index (κ2) is 7.19. The van der Waals surface area contributed by atoms with Gasteiger partial charge in [0.25, 0.3) is 0 Å². The van der Waals surface area contributed by atoms with Crippen LogP contribution < -0.4 is 14.8 Å². The van der Waals surface area contributed by atoms with Crippen LogP contribution in [0.3, 0.4) is 0 Å². The molecular weight excluding hydrogens is 340 g/mol. The van der Waals surface area contributed by atoms with Gasteiger partial charge in [0.1, 0.15) is 5.82 Å². The molecule has 0 saturated carbocycles. The van der Waals surface area contributed by atoms with Crippen molar-refractivity contribution in [3.05, 3.63) is 47.8 Å². The van der Waals surface area contributed by atoms with Gasteiger partial charge in [-0.1, -0.05) is 12.1 Å². The molecule has 0 unspecified atom stereocenters. The summed E-state index contributed by atoms with van der Waals surface area (Å²) in [6.07, 6.45) is 0. The van der Waals surface area contributed by atoms with Gasteiger partial charge in [-0.05, 0) is 37.6 Å². The third-order valence-electron chi connectivity index (χ3n) is 4.31. The van der Waals surface area contributed by atoms with Crippen LogP contribution in [0, 0.1) is 6.92 Å². The number of imidazole rings is 1. The number of halogens is 2. The van der Waals surface area contributed by atoms with E-state index in [1.54, 1.807) is 51.5 Å². The smallest absolute Gasteiger partial charge is 0.320 e. The summed E-state index contributed by atoms with van der Waals surface area (Å²) < 4.78 is 38.9.